The van der Waals surface area contributed by atoms with Crippen molar-refractivity contribution in [2.75, 3.05) is 0 Å². The Hall–Kier alpha value is -2.64. The van der Waals surface area contributed by atoms with Gasteiger partial charge in [0, 0.05) is 11.1 Å². The first-order valence-electron chi connectivity index (χ1n) is 10.9. The summed E-state index contributed by atoms with van der Waals surface area (Å²) in [6.07, 6.45) is -77.6. The van der Waals surface area contributed by atoms with E-state index >= 15 is 0 Å². The Morgan fingerprint density at radius 3 is 0.462 bits per heavy atom. The van der Waals surface area contributed by atoms with Crippen molar-refractivity contribution in [3.63, 3.8) is 0 Å². The average molecular weight is 862 g/mol. The number of alkyl halides is 34. The van der Waals surface area contributed by atoms with Crippen molar-refractivity contribution >= 4 is 0 Å². The fourth-order valence-corrected chi connectivity index (χ4v) is 4.88. The topological polar surface area (TPSA) is 0 Å². The van der Waals surface area contributed by atoms with Crippen molar-refractivity contribution in [2.24, 2.45) is 10.8 Å². The molecule has 0 radical (unpaired) electrons. The molecule has 0 aliphatic heterocycles. The number of hydrogen-bond donors (Lipinski definition) is 0. The molecule has 34 heteroatoms. The highest BCUT2D eigenvalue weighted by Gasteiger charge is 3.06. The molecule has 0 aromatic carbocycles. The van der Waals surface area contributed by atoms with Crippen LogP contribution in [0.5, 0.6) is 0 Å². The van der Waals surface area contributed by atoms with E-state index in [0.717, 1.165) is 0 Å². The Bertz CT molecular complexity index is 1220. The monoisotopic (exact) mass is 862 g/mol. The van der Waals surface area contributed by atoms with Gasteiger partial charge in [-0.15, -0.1) is 0 Å². The molecule has 0 amide bonds. The van der Waals surface area contributed by atoms with Gasteiger partial charge in [0.25, 0.3) is 10.8 Å². The lowest BCUT2D eigenvalue weighted by Crippen LogP contribution is -2.83. The predicted molar refractivity (Wildman–Crippen MR) is 87.8 cm³/mol. The molecule has 52 heavy (non-hydrogen) atoms. The zero-order chi connectivity index (χ0) is 43.2. The molecular weight excluding hydrogens is 862 g/mol. The van der Waals surface area contributed by atoms with Crippen molar-refractivity contribution < 1.29 is 149 Å². The molecule has 0 heterocycles. The maximum absolute atomic E-state index is 14.9. The molecule has 0 atom stereocenters. The summed E-state index contributed by atoms with van der Waals surface area (Å²) >= 11 is 0. The summed E-state index contributed by atoms with van der Waals surface area (Å²) < 4.78 is 469. The van der Waals surface area contributed by atoms with E-state index in [0.29, 0.717) is 0 Å². The van der Waals surface area contributed by atoms with E-state index in [2.05, 4.69) is 0 Å². The standard InChI is InChI=1S/C18F34/c19-5(20)1(3(11(29,30)31,12(32,33)34)9(25,26)7(23,15(41,42)43)16(44,45)46)2(6(5,21)22)4(13(35,36)37,14(38,39)40)10(27,28)8(24,17(47,48)49)18(50,51)52. The van der Waals surface area contributed by atoms with Crippen LogP contribution in [-0.4, -0.2) is 84.4 Å². The van der Waals surface area contributed by atoms with E-state index < -0.39 is 106 Å². The van der Waals surface area contributed by atoms with Crippen LogP contribution in [-0.2, 0) is 0 Å². The van der Waals surface area contributed by atoms with Crippen molar-refractivity contribution in [1.29, 1.82) is 0 Å². The average Bonchev–Trinajstić information content (AvgIpc) is 2.77. The third-order valence-corrected chi connectivity index (χ3v) is 7.09. The lowest BCUT2D eigenvalue weighted by atomic mass is 9.51. The van der Waals surface area contributed by atoms with Crippen molar-refractivity contribution in [2.45, 2.75) is 84.4 Å². The Balaban J connectivity index is 5.56. The maximum Gasteiger partial charge on any atom is 0.437 e. The van der Waals surface area contributed by atoms with Crippen LogP contribution in [0.3, 0.4) is 0 Å². The highest BCUT2D eigenvalue weighted by molar-refractivity contribution is 5.57. The molecule has 0 saturated heterocycles. The summed E-state index contributed by atoms with van der Waals surface area (Å²) in [7, 11) is 0. The van der Waals surface area contributed by atoms with Crippen LogP contribution in [0.25, 0.3) is 0 Å². The molecule has 0 aromatic rings. The van der Waals surface area contributed by atoms with E-state index in [-0.39, 0.29) is 0 Å². The molecule has 310 valence electrons. The summed E-state index contributed by atoms with van der Waals surface area (Å²) in [6.45, 7) is 0. The van der Waals surface area contributed by atoms with Gasteiger partial charge in [-0.3, -0.25) is 0 Å². The zero-order valence-corrected chi connectivity index (χ0v) is 21.9. The SMILES string of the molecule is FC(F)(F)C(F)(C(F)(F)F)C(F)(F)C(C1=C(C(C(F)(F)F)(C(F)(F)F)C(F)(F)C(F)(C(F)(F)F)C(F)(F)F)C(F)(F)C1(F)F)(C(F)(F)F)C(F)(F)F. The summed E-state index contributed by atoms with van der Waals surface area (Å²) in [4.78, 5) is 0. The first-order valence-corrected chi connectivity index (χ1v) is 10.9. The second kappa shape index (κ2) is 11.0. The van der Waals surface area contributed by atoms with Gasteiger partial charge in [-0.25, -0.2) is 26.3 Å². The van der Waals surface area contributed by atoms with E-state index in [1.807, 2.05) is 0 Å². The lowest BCUT2D eigenvalue weighted by molar-refractivity contribution is -0.482. The Morgan fingerprint density at radius 1 is 0.231 bits per heavy atom. The predicted octanol–water partition coefficient (Wildman–Crippen LogP) is 11.7. The van der Waals surface area contributed by atoms with Crippen LogP contribution in [0.4, 0.5) is 149 Å². The quantitative estimate of drug-likeness (QED) is 0.184. The van der Waals surface area contributed by atoms with Crippen LogP contribution >= 0.6 is 0 Å². The number of allylic oxidation sites excluding steroid dienone is 2. The van der Waals surface area contributed by atoms with Gasteiger partial charge in [-0.05, 0) is 0 Å². The summed E-state index contributed by atoms with van der Waals surface area (Å²) in [5, 5.41) is 0. The molecule has 0 N–H and O–H groups in total. The second-order valence-corrected chi connectivity index (χ2v) is 9.85. The van der Waals surface area contributed by atoms with Gasteiger partial charge in [-0.1, -0.05) is 0 Å². The Morgan fingerprint density at radius 2 is 0.365 bits per heavy atom. The Labute approximate surface area is 257 Å². The number of halogens is 34. The molecular formula is C18F34. The second-order valence-electron chi connectivity index (χ2n) is 9.85. The van der Waals surface area contributed by atoms with Crippen LogP contribution in [0.1, 0.15) is 0 Å². The normalized spacial score (nSPS) is 20.0. The third-order valence-electron chi connectivity index (χ3n) is 7.09. The molecule has 1 rings (SSSR count). The molecule has 0 fully saturated rings. The van der Waals surface area contributed by atoms with Gasteiger partial charge >= 0.3 is 84.4 Å². The van der Waals surface area contributed by atoms with E-state index in [4.69, 9.17) is 0 Å². The smallest absolute Gasteiger partial charge is 0.216 e. The molecule has 1 aliphatic carbocycles. The summed E-state index contributed by atoms with van der Waals surface area (Å²) in [5.41, 5.74) is -56.1. The summed E-state index contributed by atoms with van der Waals surface area (Å²) in [5.74, 6) is -39.7. The van der Waals surface area contributed by atoms with E-state index in [1.54, 1.807) is 0 Å². The van der Waals surface area contributed by atoms with E-state index in [9.17, 15) is 149 Å². The fourth-order valence-electron chi connectivity index (χ4n) is 4.88. The van der Waals surface area contributed by atoms with Gasteiger partial charge in [0.15, 0.2) is 0 Å². The van der Waals surface area contributed by atoms with Crippen molar-refractivity contribution in [3.8, 4) is 0 Å². The third kappa shape index (κ3) is 5.02. The molecule has 0 aromatic heterocycles. The van der Waals surface area contributed by atoms with Gasteiger partial charge in [0.1, 0.15) is 0 Å². The van der Waals surface area contributed by atoms with Crippen LogP contribution in [0, 0.1) is 10.8 Å². The minimum Gasteiger partial charge on any atom is -0.216 e. The first-order chi connectivity index (χ1) is 21.7. The van der Waals surface area contributed by atoms with Crippen LogP contribution in [0.2, 0.25) is 0 Å². The summed E-state index contributed by atoms with van der Waals surface area (Å²) in [6, 6.07) is 0. The number of rotatable bonds is 6. The van der Waals surface area contributed by atoms with Crippen LogP contribution < -0.4 is 0 Å². The molecule has 0 saturated carbocycles. The van der Waals surface area contributed by atoms with Crippen molar-refractivity contribution in [1.82, 2.24) is 0 Å². The number of hydrogen-bond acceptors (Lipinski definition) is 0. The minimum absolute atomic E-state index is 7.37. The molecule has 1 aliphatic rings. The van der Waals surface area contributed by atoms with Crippen LogP contribution in [0.15, 0.2) is 11.1 Å². The first kappa shape index (κ1) is 47.4. The van der Waals surface area contributed by atoms with E-state index in [1.165, 1.54) is 0 Å². The highest BCUT2D eigenvalue weighted by atomic mass is 19.5. The van der Waals surface area contributed by atoms with Gasteiger partial charge < -0.3 is 0 Å². The molecule has 0 spiro atoms. The van der Waals surface area contributed by atoms with Gasteiger partial charge in [-0.2, -0.15) is 123 Å². The van der Waals surface area contributed by atoms with Gasteiger partial charge in [0.2, 0.25) is 0 Å². The molecule has 0 bridgehead atoms. The molecule has 0 nitrogen and oxygen atoms in total. The molecule has 0 unspecified atom stereocenters. The minimum atomic E-state index is -10.6. The van der Waals surface area contributed by atoms with Crippen molar-refractivity contribution in [3.05, 3.63) is 11.1 Å². The van der Waals surface area contributed by atoms with Gasteiger partial charge in [0.05, 0.1) is 0 Å². The maximum atomic E-state index is 14.9. The largest absolute Gasteiger partial charge is 0.437 e. The zero-order valence-electron chi connectivity index (χ0n) is 21.9. The highest BCUT2D eigenvalue weighted by Crippen LogP contribution is 2.82. The fraction of sp³-hybridized carbons (Fsp3) is 0.889. The Kier molecular flexibility index (Phi) is 10.0. The lowest BCUT2D eigenvalue weighted by Gasteiger charge is -2.59.